The first kappa shape index (κ1) is 11.0. The molecule has 0 aliphatic carbocycles. The van der Waals surface area contributed by atoms with Gasteiger partial charge in [-0.3, -0.25) is 0 Å². The second kappa shape index (κ2) is 4.44. The Balaban J connectivity index is 3.00. The number of halogens is 1. The summed E-state index contributed by atoms with van der Waals surface area (Å²) >= 11 is 5.73. The smallest absolute Gasteiger partial charge is 0.337 e. The minimum absolute atomic E-state index is 0.158. The molecule has 14 heavy (non-hydrogen) atoms. The molecule has 76 valence electrons. The van der Waals surface area contributed by atoms with E-state index < -0.39 is 5.97 Å². The molecule has 0 radical (unpaired) electrons. The van der Waals surface area contributed by atoms with E-state index in [0.717, 1.165) is 5.56 Å². The minimum atomic E-state index is -0.990. The fraction of sp³-hybridized carbons (Fsp3) is 0.300. The molecule has 0 atom stereocenters. The number of carboxylic acids is 1. The molecule has 0 saturated heterocycles. The van der Waals surface area contributed by atoms with Crippen molar-refractivity contribution in [3.05, 3.63) is 34.3 Å². The van der Waals surface area contributed by atoms with Crippen LogP contribution in [0.1, 0.15) is 15.9 Å². The van der Waals surface area contributed by atoms with Crippen LogP contribution in [-0.4, -0.2) is 30.1 Å². The van der Waals surface area contributed by atoms with E-state index in [4.69, 9.17) is 16.7 Å². The lowest BCUT2D eigenvalue weighted by Crippen LogP contribution is -2.11. The van der Waals surface area contributed by atoms with Crippen LogP contribution in [0.5, 0.6) is 0 Å². The van der Waals surface area contributed by atoms with E-state index in [1.54, 1.807) is 12.1 Å². The summed E-state index contributed by atoms with van der Waals surface area (Å²) in [5, 5.41) is 9.10. The van der Waals surface area contributed by atoms with Crippen molar-refractivity contribution in [2.45, 2.75) is 6.54 Å². The van der Waals surface area contributed by atoms with E-state index in [1.165, 1.54) is 0 Å². The highest BCUT2D eigenvalue weighted by atomic mass is 35.5. The van der Waals surface area contributed by atoms with Crippen molar-refractivity contribution in [1.82, 2.24) is 4.90 Å². The number of hydrogen-bond acceptors (Lipinski definition) is 2. The predicted molar refractivity (Wildman–Crippen MR) is 55.8 cm³/mol. The second-order valence-electron chi connectivity index (χ2n) is 3.36. The first-order valence-electron chi connectivity index (χ1n) is 4.17. The van der Waals surface area contributed by atoms with Crippen LogP contribution in [0.15, 0.2) is 18.2 Å². The van der Waals surface area contributed by atoms with Crippen molar-refractivity contribution in [3.8, 4) is 0 Å². The molecule has 4 heteroatoms. The number of nitrogens with zero attached hydrogens (tertiary/aromatic N) is 1. The van der Waals surface area contributed by atoms with Crippen LogP contribution >= 0.6 is 11.6 Å². The topological polar surface area (TPSA) is 40.5 Å². The summed E-state index contributed by atoms with van der Waals surface area (Å²) in [5.41, 5.74) is 1.10. The standard InChI is InChI=1S/C10H12ClNO2/c1-12(2)6-7-3-4-9(11)8(5-7)10(13)14/h3-5H,6H2,1-2H3,(H,13,14). The molecule has 1 rings (SSSR count). The first-order valence-corrected chi connectivity index (χ1v) is 4.55. The Morgan fingerprint density at radius 2 is 2.14 bits per heavy atom. The largest absolute Gasteiger partial charge is 0.478 e. The van der Waals surface area contributed by atoms with Gasteiger partial charge in [-0.2, -0.15) is 0 Å². The van der Waals surface area contributed by atoms with Gasteiger partial charge in [-0.05, 0) is 31.8 Å². The highest BCUT2D eigenvalue weighted by Crippen LogP contribution is 2.18. The molecule has 0 heterocycles. The summed E-state index contributed by atoms with van der Waals surface area (Å²) in [6.45, 7) is 0.706. The van der Waals surface area contributed by atoms with Gasteiger partial charge in [0.05, 0.1) is 10.6 Å². The fourth-order valence-electron chi connectivity index (χ4n) is 1.20. The average Bonchev–Trinajstić information content (AvgIpc) is 2.07. The Hall–Kier alpha value is -1.06. The van der Waals surface area contributed by atoms with Crippen LogP contribution in [-0.2, 0) is 6.54 Å². The van der Waals surface area contributed by atoms with E-state index in [9.17, 15) is 4.79 Å². The molecule has 1 aromatic rings. The maximum absolute atomic E-state index is 10.8. The van der Waals surface area contributed by atoms with E-state index in [2.05, 4.69) is 0 Å². The molecule has 0 aromatic heterocycles. The van der Waals surface area contributed by atoms with Crippen LogP contribution in [0.2, 0.25) is 5.02 Å². The third-order valence-corrected chi connectivity index (χ3v) is 2.09. The quantitative estimate of drug-likeness (QED) is 0.836. The summed E-state index contributed by atoms with van der Waals surface area (Å²) in [7, 11) is 3.85. The highest BCUT2D eigenvalue weighted by molar-refractivity contribution is 6.33. The van der Waals surface area contributed by atoms with Crippen LogP contribution in [0.4, 0.5) is 0 Å². The maximum Gasteiger partial charge on any atom is 0.337 e. The van der Waals surface area contributed by atoms with Crippen LogP contribution in [0.25, 0.3) is 0 Å². The molecule has 0 unspecified atom stereocenters. The molecular weight excluding hydrogens is 202 g/mol. The van der Waals surface area contributed by atoms with E-state index >= 15 is 0 Å². The van der Waals surface area contributed by atoms with Crippen molar-refractivity contribution in [1.29, 1.82) is 0 Å². The Labute approximate surface area is 87.9 Å². The fourth-order valence-corrected chi connectivity index (χ4v) is 1.40. The SMILES string of the molecule is CN(C)Cc1ccc(Cl)c(C(=O)O)c1. The summed E-state index contributed by atoms with van der Waals surface area (Å²) in [6.07, 6.45) is 0. The molecule has 0 amide bonds. The van der Waals surface area contributed by atoms with Crippen molar-refractivity contribution in [3.63, 3.8) is 0 Å². The summed E-state index contributed by atoms with van der Waals surface area (Å²) < 4.78 is 0. The van der Waals surface area contributed by atoms with Crippen LogP contribution in [0.3, 0.4) is 0 Å². The third kappa shape index (κ3) is 2.72. The van der Waals surface area contributed by atoms with Gasteiger partial charge in [-0.25, -0.2) is 4.79 Å². The van der Waals surface area contributed by atoms with Crippen molar-refractivity contribution >= 4 is 17.6 Å². The third-order valence-electron chi connectivity index (χ3n) is 1.76. The van der Waals surface area contributed by atoms with Gasteiger partial charge in [0.1, 0.15) is 0 Å². The number of benzene rings is 1. The van der Waals surface area contributed by atoms with E-state index in [1.807, 2.05) is 25.1 Å². The highest BCUT2D eigenvalue weighted by Gasteiger charge is 2.09. The van der Waals surface area contributed by atoms with E-state index in [0.29, 0.717) is 6.54 Å². The summed E-state index contributed by atoms with van der Waals surface area (Å²) in [5.74, 6) is -0.990. The van der Waals surface area contributed by atoms with Gasteiger partial charge in [0.25, 0.3) is 0 Å². The Morgan fingerprint density at radius 1 is 1.50 bits per heavy atom. The summed E-state index contributed by atoms with van der Waals surface area (Å²) in [6, 6.07) is 5.04. The first-order chi connectivity index (χ1) is 6.50. The summed E-state index contributed by atoms with van der Waals surface area (Å²) in [4.78, 5) is 12.7. The molecule has 1 N–H and O–H groups in total. The molecule has 0 saturated carbocycles. The van der Waals surface area contributed by atoms with Crippen LogP contribution < -0.4 is 0 Å². The zero-order valence-corrected chi connectivity index (χ0v) is 8.88. The Morgan fingerprint density at radius 3 is 2.64 bits per heavy atom. The average molecular weight is 214 g/mol. The van der Waals surface area contributed by atoms with Gasteiger partial charge in [0.2, 0.25) is 0 Å². The molecule has 0 bridgehead atoms. The van der Waals surface area contributed by atoms with Crippen molar-refractivity contribution < 1.29 is 9.90 Å². The Kier molecular flexibility index (Phi) is 3.49. The zero-order chi connectivity index (χ0) is 10.7. The number of aromatic carboxylic acids is 1. The van der Waals surface area contributed by atoms with Crippen LogP contribution in [0, 0.1) is 0 Å². The van der Waals surface area contributed by atoms with Gasteiger partial charge in [-0.15, -0.1) is 0 Å². The van der Waals surface area contributed by atoms with Gasteiger partial charge in [0.15, 0.2) is 0 Å². The van der Waals surface area contributed by atoms with Crippen molar-refractivity contribution in [2.24, 2.45) is 0 Å². The molecule has 0 fully saturated rings. The Bertz CT molecular complexity index is 350. The lowest BCUT2D eigenvalue weighted by Gasteiger charge is -2.10. The maximum atomic E-state index is 10.8. The van der Waals surface area contributed by atoms with Gasteiger partial charge in [0, 0.05) is 6.54 Å². The minimum Gasteiger partial charge on any atom is -0.478 e. The number of carbonyl (C=O) groups is 1. The van der Waals surface area contributed by atoms with Gasteiger partial charge >= 0.3 is 5.97 Å². The zero-order valence-electron chi connectivity index (χ0n) is 8.12. The molecule has 3 nitrogen and oxygen atoms in total. The normalized spacial score (nSPS) is 10.6. The molecule has 0 aliphatic rings. The number of rotatable bonds is 3. The van der Waals surface area contributed by atoms with Crippen molar-refractivity contribution in [2.75, 3.05) is 14.1 Å². The monoisotopic (exact) mass is 213 g/mol. The molecule has 1 aromatic carbocycles. The lowest BCUT2D eigenvalue weighted by atomic mass is 10.1. The molecular formula is C10H12ClNO2. The van der Waals surface area contributed by atoms with Gasteiger partial charge in [-0.1, -0.05) is 17.7 Å². The lowest BCUT2D eigenvalue weighted by molar-refractivity contribution is 0.0697. The van der Waals surface area contributed by atoms with Gasteiger partial charge < -0.3 is 10.0 Å². The van der Waals surface area contributed by atoms with E-state index in [-0.39, 0.29) is 10.6 Å². The number of hydrogen-bond donors (Lipinski definition) is 1. The molecule has 0 spiro atoms. The molecule has 0 aliphatic heterocycles. The second-order valence-corrected chi connectivity index (χ2v) is 3.76. The predicted octanol–water partition coefficient (Wildman–Crippen LogP) is 2.10. The number of carboxylic acid groups (broad SMARTS) is 1.